The molecule has 140 valence electrons. The SMILES string of the molecule is C/C=C/c1c(-c2ccc(F)cc2)nc(N(C)C)nc1C(C)C.C=C.C=O. The molecule has 4 nitrogen and oxygen atoms in total. The van der Waals surface area contributed by atoms with E-state index in [4.69, 9.17) is 4.79 Å². The molecule has 0 unspecified atom stereocenters. The molecule has 0 amide bonds. The second-order valence-corrected chi connectivity index (χ2v) is 5.73. The van der Waals surface area contributed by atoms with Crippen molar-refractivity contribution in [3.05, 3.63) is 60.6 Å². The first kappa shape index (κ1) is 23.2. The molecule has 0 aliphatic rings. The van der Waals surface area contributed by atoms with E-state index in [0.717, 1.165) is 22.5 Å². The molecule has 0 fully saturated rings. The van der Waals surface area contributed by atoms with E-state index in [1.54, 1.807) is 12.1 Å². The number of hydrogen-bond acceptors (Lipinski definition) is 4. The molecule has 0 saturated carbocycles. The van der Waals surface area contributed by atoms with Crippen molar-refractivity contribution >= 4 is 18.8 Å². The Morgan fingerprint density at radius 1 is 1.08 bits per heavy atom. The lowest BCUT2D eigenvalue weighted by Crippen LogP contribution is -2.16. The van der Waals surface area contributed by atoms with Gasteiger partial charge in [0.15, 0.2) is 0 Å². The molecule has 1 aromatic heterocycles. The molecule has 0 N–H and O–H groups in total. The monoisotopic (exact) mass is 357 g/mol. The van der Waals surface area contributed by atoms with Gasteiger partial charge in [0.05, 0.1) is 11.4 Å². The van der Waals surface area contributed by atoms with Crippen molar-refractivity contribution in [1.82, 2.24) is 9.97 Å². The summed E-state index contributed by atoms with van der Waals surface area (Å²) in [4.78, 5) is 19.2. The lowest BCUT2D eigenvalue weighted by molar-refractivity contribution is -0.0979. The van der Waals surface area contributed by atoms with Crippen LogP contribution in [0.1, 0.15) is 37.9 Å². The van der Waals surface area contributed by atoms with Gasteiger partial charge in [-0.05, 0) is 37.1 Å². The van der Waals surface area contributed by atoms with E-state index in [0.29, 0.717) is 5.95 Å². The molecule has 0 atom stereocenters. The van der Waals surface area contributed by atoms with Gasteiger partial charge in [0.2, 0.25) is 5.95 Å². The van der Waals surface area contributed by atoms with E-state index in [-0.39, 0.29) is 11.7 Å². The molecule has 1 heterocycles. The normalized spacial score (nSPS) is 9.96. The number of allylic oxidation sites excluding steroid dienone is 1. The molecule has 0 aliphatic heterocycles. The average molecular weight is 357 g/mol. The zero-order valence-electron chi connectivity index (χ0n) is 16.3. The fraction of sp³-hybridized carbons (Fsp3) is 0.286. The van der Waals surface area contributed by atoms with Crippen LogP contribution in [0, 0.1) is 5.82 Å². The van der Waals surface area contributed by atoms with Crippen molar-refractivity contribution in [2.75, 3.05) is 19.0 Å². The molecule has 26 heavy (non-hydrogen) atoms. The molecule has 5 heteroatoms. The van der Waals surface area contributed by atoms with Crippen LogP contribution in [0.15, 0.2) is 43.5 Å². The van der Waals surface area contributed by atoms with Crippen LogP contribution in [0.3, 0.4) is 0 Å². The fourth-order valence-corrected chi connectivity index (χ4v) is 2.27. The number of nitrogens with zero attached hydrogens (tertiary/aromatic N) is 3. The molecule has 2 rings (SSSR count). The molecule has 0 aliphatic carbocycles. The number of halogens is 1. The van der Waals surface area contributed by atoms with Crippen molar-refractivity contribution in [2.45, 2.75) is 26.7 Å². The van der Waals surface area contributed by atoms with Gasteiger partial charge in [-0.15, -0.1) is 13.2 Å². The first-order valence-electron chi connectivity index (χ1n) is 8.20. The topological polar surface area (TPSA) is 46.1 Å². The number of benzene rings is 1. The van der Waals surface area contributed by atoms with Gasteiger partial charge in [0.1, 0.15) is 12.6 Å². The van der Waals surface area contributed by atoms with Gasteiger partial charge >= 0.3 is 0 Å². The Kier molecular flexibility index (Phi) is 10.4. The van der Waals surface area contributed by atoms with Crippen molar-refractivity contribution in [2.24, 2.45) is 0 Å². The van der Waals surface area contributed by atoms with Gasteiger partial charge in [0, 0.05) is 25.2 Å². The summed E-state index contributed by atoms with van der Waals surface area (Å²) in [6.45, 7) is 14.2. The molecule has 0 saturated heterocycles. The number of carbonyl (C=O) groups excluding carboxylic acids is 1. The van der Waals surface area contributed by atoms with Gasteiger partial charge in [-0.25, -0.2) is 14.4 Å². The van der Waals surface area contributed by atoms with Crippen molar-refractivity contribution in [1.29, 1.82) is 0 Å². The van der Waals surface area contributed by atoms with Gasteiger partial charge in [-0.2, -0.15) is 0 Å². The lowest BCUT2D eigenvalue weighted by Gasteiger charge is -2.18. The Morgan fingerprint density at radius 3 is 2.04 bits per heavy atom. The Balaban J connectivity index is 0.00000146. The predicted octanol–water partition coefficient (Wildman–Crippen LogP) is 5.12. The quantitative estimate of drug-likeness (QED) is 0.712. The Hall–Kier alpha value is -2.82. The van der Waals surface area contributed by atoms with Gasteiger partial charge < -0.3 is 9.69 Å². The summed E-state index contributed by atoms with van der Waals surface area (Å²) in [6, 6.07) is 6.44. The van der Waals surface area contributed by atoms with E-state index in [2.05, 4.69) is 37.0 Å². The zero-order valence-corrected chi connectivity index (χ0v) is 16.3. The van der Waals surface area contributed by atoms with Crippen LogP contribution in [0.5, 0.6) is 0 Å². The highest BCUT2D eigenvalue weighted by molar-refractivity contribution is 5.74. The second-order valence-electron chi connectivity index (χ2n) is 5.73. The first-order chi connectivity index (χ1) is 12.4. The zero-order chi connectivity index (χ0) is 20.3. The van der Waals surface area contributed by atoms with Gasteiger partial charge in [0.25, 0.3) is 0 Å². The minimum atomic E-state index is -0.248. The number of aromatic nitrogens is 2. The van der Waals surface area contributed by atoms with E-state index >= 15 is 0 Å². The van der Waals surface area contributed by atoms with Crippen molar-refractivity contribution in [3.8, 4) is 11.3 Å². The van der Waals surface area contributed by atoms with Crippen LogP contribution in [-0.4, -0.2) is 30.9 Å². The summed E-state index contributed by atoms with van der Waals surface area (Å²) >= 11 is 0. The second kappa shape index (κ2) is 11.7. The largest absolute Gasteiger partial charge is 0.347 e. The van der Waals surface area contributed by atoms with E-state index < -0.39 is 0 Å². The molecule has 0 bridgehead atoms. The van der Waals surface area contributed by atoms with Crippen LogP contribution < -0.4 is 4.90 Å². The summed E-state index contributed by atoms with van der Waals surface area (Å²) in [5.41, 5.74) is 3.72. The van der Waals surface area contributed by atoms with Crippen LogP contribution in [0.2, 0.25) is 0 Å². The van der Waals surface area contributed by atoms with Gasteiger partial charge in [-0.1, -0.05) is 26.0 Å². The summed E-state index contributed by atoms with van der Waals surface area (Å²) in [7, 11) is 3.84. The molecule has 0 radical (unpaired) electrons. The Bertz CT molecular complexity index is 708. The number of carbonyl (C=O) groups is 1. The van der Waals surface area contributed by atoms with Crippen molar-refractivity contribution in [3.63, 3.8) is 0 Å². The Morgan fingerprint density at radius 2 is 1.62 bits per heavy atom. The number of anilines is 1. The van der Waals surface area contributed by atoms with E-state index in [1.807, 2.05) is 44.9 Å². The lowest BCUT2D eigenvalue weighted by atomic mass is 9.98. The number of rotatable bonds is 4. The van der Waals surface area contributed by atoms with E-state index in [9.17, 15) is 4.39 Å². The molecular formula is C21H28FN3O. The first-order valence-corrected chi connectivity index (χ1v) is 8.20. The molecule has 2 aromatic rings. The Labute approximate surface area is 156 Å². The van der Waals surface area contributed by atoms with Crippen LogP contribution in [-0.2, 0) is 4.79 Å². The van der Waals surface area contributed by atoms with E-state index in [1.165, 1.54) is 12.1 Å². The molecule has 1 aromatic carbocycles. The maximum absolute atomic E-state index is 13.2. The third-order valence-electron chi connectivity index (χ3n) is 3.36. The molecule has 0 spiro atoms. The minimum Gasteiger partial charge on any atom is -0.347 e. The smallest absolute Gasteiger partial charge is 0.225 e. The predicted molar refractivity (Wildman–Crippen MR) is 109 cm³/mol. The third-order valence-corrected chi connectivity index (χ3v) is 3.36. The maximum Gasteiger partial charge on any atom is 0.225 e. The maximum atomic E-state index is 13.2. The number of hydrogen-bond donors (Lipinski definition) is 0. The van der Waals surface area contributed by atoms with Crippen LogP contribution in [0.4, 0.5) is 10.3 Å². The highest BCUT2D eigenvalue weighted by Gasteiger charge is 2.17. The third kappa shape index (κ3) is 5.92. The highest BCUT2D eigenvalue weighted by atomic mass is 19.1. The summed E-state index contributed by atoms with van der Waals surface area (Å²) in [5.74, 6) is 0.686. The summed E-state index contributed by atoms with van der Waals surface area (Å²) in [6.07, 6.45) is 4.00. The minimum absolute atomic E-state index is 0.248. The van der Waals surface area contributed by atoms with Gasteiger partial charge in [-0.3, -0.25) is 0 Å². The highest BCUT2D eigenvalue weighted by Crippen LogP contribution is 2.30. The van der Waals surface area contributed by atoms with Crippen LogP contribution in [0.25, 0.3) is 17.3 Å². The summed E-state index contributed by atoms with van der Waals surface area (Å²) in [5, 5.41) is 0. The summed E-state index contributed by atoms with van der Waals surface area (Å²) < 4.78 is 13.2. The molecular weight excluding hydrogens is 329 g/mol. The fourth-order valence-electron chi connectivity index (χ4n) is 2.27. The standard InChI is InChI=1S/C18H22FN3.C2H4.CH2O/c1-6-7-15-16(12(2)3)20-18(22(4)5)21-17(15)13-8-10-14(19)11-9-13;2*1-2/h6-12H,1-5H3;1-2H2;1H2/b7-6+;;. The van der Waals surface area contributed by atoms with Crippen molar-refractivity contribution < 1.29 is 9.18 Å². The van der Waals surface area contributed by atoms with Crippen LogP contribution >= 0.6 is 0 Å². The average Bonchev–Trinajstić information content (AvgIpc) is 2.65.